The summed E-state index contributed by atoms with van der Waals surface area (Å²) in [6, 6.07) is 6.80. The van der Waals surface area contributed by atoms with Crippen molar-refractivity contribution in [3.05, 3.63) is 45.1 Å². The average Bonchev–Trinajstić information content (AvgIpc) is 2.54. The molecule has 0 saturated heterocycles. The number of nitrogens with zero attached hydrogens (tertiary/aromatic N) is 2. The molecule has 0 N–H and O–H groups in total. The summed E-state index contributed by atoms with van der Waals surface area (Å²) >= 11 is 0. The van der Waals surface area contributed by atoms with E-state index in [-0.39, 0.29) is 11.2 Å². The molecule has 1 aromatic carbocycles. The molecule has 2 rings (SSSR count). The summed E-state index contributed by atoms with van der Waals surface area (Å²) in [4.78, 5) is 24.3. The van der Waals surface area contributed by atoms with E-state index in [4.69, 9.17) is 9.47 Å². The van der Waals surface area contributed by atoms with E-state index >= 15 is 0 Å². The van der Waals surface area contributed by atoms with Crippen molar-refractivity contribution in [3.8, 4) is 22.8 Å². The van der Waals surface area contributed by atoms with Gasteiger partial charge in [0.25, 0.3) is 5.56 Å². The smallest absolute Gasteiger partial charge is 0.331 e. The molecule has 6 nitrogen and oxygen atoms in total. The van der Waals surface area contributed by atoms with Crippen LogP contribution in [0.3, 0.4) is 0 Å². The van der Waals surface area contributed by atoms with Crippen LogP contribution in [0.4, 0.5) is 0 Å². The molecular weight excluding hydrogens is 284 g/mol. The molecule has 0 spiro atoms. The van der Waals surface area contributed by atoms with Crippen LogP contribution < -0.4 is 20.7 Å². The van der Waals surface area contributed by atoms with Crippen molar-refractivity contribution >= 4 is 0 Å². The Morgan fingerprint density at radius 3 is 2.32 bits per heavy atom. The van der Waals surface area contributed by atoms with Crippen molar-refractivity contribution in [2.45, 2.75) is 19.9 Å². The maximum absolute atomic E-state index is 12.3. The van der Waals surface area contributed by atoms with E-state index in [0.717, 1.165) is 16.6 Å². The molecule has 0 aliphatic rings. The maximum Gasteiger partial charge on any atom is 0.331 e. The molecule has 0 aliphatic carbocycles. The summed E-state index contributed by atoms with van der Waals surface area (Å²) < 4.78 is 13.2. The van der Waals surface area contributed by atoms with E-state index in [0.29, 0.717) is 23.7 Å². The van der Waals surface area contributed by atoms with Gasteiger partial charge in [-0.05, 0) is 24.6 Å². The number of hydrogen-bond donors (Lipinski definition) is 0. The maximum atomic E-state index is 12.3. The zero-order chi connectivity index (χ0) is 16.3. The van der Waals surface area contributed by atoms with Crippen LogP contribution in [-0.4, -0.2) is 23.4 Å². The standard InChI is InChI=1S/C16H20N2O4/c1-5-8-18-12(10-15(19)17(2)16(18)20)11-6-7-13(21-3)14(9-11)22-4/h6-7,9-10H,5,8H2,1-4H3. The Bertz CT molecular complexity index is 790. The highest BCUT2D eigenvalue weighted by molar-refractivity contribution is 5.64. The lowest BCUT2D eigenvalue weighted by molar-refractivity contribution is 0.355. The van der Waals surface area contributed by atoms with Gasteiger partial charge in [-0.1, -0.05) is 6.92 Å². The quantitative estimate of drug-likeness (QED) is 0.842. The van der Waals surface area contributed by atoms with Crippen molar-refractivity contribution < 1.29 is 9.47 Å². The second kappa shape index (κ2) is 6.51. The molecule has 0 fully saturated rings. The fourth-order valence-electron chi connectivity index (χ4n) is 2.34. The van der Waals surface area contributed by atoms with Crippen molar-refractivity contribution in [2.75, 3.05) is 14.2 Å². The van der Waals surface area contributed by atoms with Gasteiger partial charge >= 0.3 is 5.69 Å². The number of methoxy groups -OCH3 is 2. The second-order valence-electron chi connectivity index (χ2n) is 4.93. The van der Waals surface area contributed by atoms with Crippen LogP contribution in [0.25, 0.3) is 11.3 Å². The highest BCUT2D eigenvalue weighted by atomic mass is 16.5. The lowest BCUT2D eigenvalue weighted by Crippen LogP contribution is -2.38. The van der Waals surface area contributed by atoms with Crippen LogP contribution in [-0.2, 0) is 13.6 Å². The first-order valence-corrected chi connectivity index (χ1v) is 7.06. The van der Waals surface area contributed by atoms with Crippen LogP contribution in [0.5, 0.6) is 11.5 Å². The van der Waals surface area contributed by atoms with Crippen LogP contribution in [0, 0.1) is 0 Å². The Morgan fingerprint density at radius 2 is 1.73 bits per heavy atom. The molecule has 0 amide bonds. The molecule has 0 aliphatic heterocycles. The van der Waals surface area contributed by atoms with Gasteiger partial charge in [0, 0.05) is 25.2 Å². The largest absolute Gasteiger partial charge is 0.493 e. The number of aromatic nitrogens is 2. The summed E-state index contributed by atoms with van der Waals surface area (Å²) in [5.74, 6) is 1.15. The molecule has 0 unspecified atom stereocenters. The number of ether oxygens (including phenoxy) is 2. The lowest BCUT2D eigenvalue weighted by Gasteiger charge is -2.15. The molecule has 0 radical (unpaired) electrons. The van der Waals surface area contributed by atoms with E-state index in [1.165, 1.54) is 13.1 Å². The third kappa shape index (κ3) is 2.77. The lowest BCUT2D eigenvalue weighted by atomic mass is 10.1. The Hall–Kier alpha value is -2.50. The Kier molecular flexibility index (Phi) is 4.70. The van der Waals surface area contributed by atoms with E-state index in [1.54, 1.807) is 30.9 Å². The Labute approximate surface area is 128 Å². The second-order valence-corrected chi connectivity index (χ2v) is 4.93. The minimum Gasteiger partial charge on any atom is -0.493 e. The highest BCUT2D eigenvalue weighted by Gasteiger charge is 2.13. The normalized spacial score (nSPS) is 10.5. The summed E-state index contributed by atoms with van der Waals surface area (Å²) in [6.45, 7) is 2.52. The molecule has 2 aromatic rings. The minimum absolute atomic E-state index is 0.320. The fourth-order valence-corrected chi connectivity index (χ4v) is 2.34. The average molecular weight is 304 g/mol. The third-order valence-electron chi connectivity index (χ3n) is 3.53. The van der Waals surface area contributed by atoms with Crippen LogP contribution in [0.2, 0.25) is 0 Å². The zero-order valence-electron chi connectivity index (χ0n) is 13.3. The van der Waals surface area contributed by atoms with Gasteiger partial charge in [-0.3, -0.25) is 13.9 Å². The molecule has 0 atom stereocenters. The first kappa shape index (κ1) is 15.9. The van der Waals surface area contributed by atoms with Gasteiger partial charge in [0.05, 0.1) is 19.9 Å². The summed E-state index contributed by atoms with van der Waals surface area (Å²) in [5, 5.41) is 0. The Morgan fingerprint density at radius 1 is 1.05 bits per heavy atom. The third-order valence-corrected chi connectivity index (χ3v) is 3.53. The van der Waals surface area contributed by atoms with E-state index < -0.39 is 0 Å². The topological polar surface area (TPSA) is 62.5 Å². The Balaban J connectivity index is 2.71. The number of hydrogen-bond acceptors (Lipinski definition) is 4. The van der Waals surface area contributed by atoms with Gasteiger partial charge in [-0.15, -0.1) is 0 Å². The van der Waals surface area contributed by atoms with Crippen LogP contribution in [0.15, 0.2) is 33.9 Å². The van der Waals surface area contributed by atoms with Crippen molar-refractivity contribution in [1.29, 1.82) is 0 Å². The molecular formula is C16H20N2O4. The van der Waals surface area contributed by atoms with Crippen molar-refractivity contribution in [1.82, 2.24) is 9.13 Å². The SMILES string of the molecule is CCCn1c(-c2ccc(OC)c(OC)c2)cc(=O)n(C)c1=O. The minimum atomic E-state index is -0.331. The first-order chi connectivity index (χ1) is 10.5. The summed E-state index contributed by atoms with van der Waals surface area (Å²) in [6.07, 6.45) is 0.790. The van der Waals surface area contributed by atoms with E-state index in [9.17, 15) is 9.59 Å². The predicted octanol–water partition coefficient (Wildman–Crippen LogP) is 1.64. The van der Waals surface area contributed by atoms with E-state index in [1.807, 2.05) is 13.0 Å². The van der Waals surface area contributed by atoms with Crippen molar-refractivity contribution in [2.24, 2.45) is 7.05 Å². The van der Waals surface area contributed by atoms with Crippen LogP contribution >= 0.6 is 0 Å². The summed E-state index contributed by atoms with van der Waals surface area (Å²) in [7, 11) is 4.59. The van der Waals surface area contributed by atoms with Crippen molar-refractivity contribution in [3.63, 3.8) is 0 Å². The zero-order valence-corrected chi connectivity index (χ0v) is 13.3. The molecule has 0 saturated carbocycles. The number of benzene rings is 1. The van der Waals surface area contributed by atoms with Gasteiger partial charge < -0.3 is 9.47 Å². The molecule has 6 heteroatoms. The van der Waals surface area contributed by atoms with Gasteiger partial charge in [-0.25, -0.2) is 4.79 Å². The fraction of sp³-hybridized carbons (Fsp3) is 0.375. The number of rotatable bonds is 5. The summed E-state index contributed by atoms with van der Waals surface area (Å²) in [5.41, 5.74) is 0.665. The van der Waals surface area contributed by atoms with E-state index in [2.05, 4.69) is 0 Å². The van der Waals surface area contributed by atoms with Crippen LogP contribution in [0.1, 0.15) is 13.3 Å². The van der Waals surface area contributed by atoms with Gasteiger partial charge in [0.15, 0.2) is 11.5 Å². The highest BCUT2D eigenvalue weighted by Crippen LogP contribution is 2.31. The molecule has 22 heavy (non-hydrogen) atoms. The monoisotopic (exact) mass is 304 g/mol. The predicted molar refractivity (Wildman–Crippen MR) is 84.8 cm³/mol. The molecule has 118 valence electrons. The molecule has 0 bridgehead atoms. The molecule has 1 heterocycles. The molecule has 1 aromatic heterocycles. The first-order valence-electron chi connectivity index (χ1n) is 7.06. The van der Waals surface area contributed by atoms with Gasteiger partial charge in [0.1, 0.15) is 0 Å². The van der Waals surface area contributed by atoms with Gasteiger partial charge in [0.2, 0.25) is 0 Å². The van der Waals surface area contributed by atoms with Gasteiger partial charge in [-0.2, -0.15) is 0 Å².